The maximum absolute atomic E-state index is 13.2. The van der Waals surface area contributed by atoms with Crippen molar-refractivity contribution in [3.63, 3.8) is 0 Å². The zero-order valence-electron chi connectivity index (χ0n) is 16.2. The molecule has 1 amide bonds. The van der Waals surface area contributed by atoms with Crippen molar-refractivity contribution in [3.05, 3.63) is 58.4 Å². The van der Waals surface area contributed by atoms with Crippen molar-refractivity contribution in [1.29, 1.82) is 0 Å². The van der Waals surface area contributed by atoms with E-state index >= 15 is 0 Å². The van der Waals surface area contributed by atoms with Gasteiger partial charge in [0.05, 0.1) is 11.1 Å². The van der Waals surface area contributed by atoms with Crippen LogP contribution in [-0.4, -0.2) is 51.9 Å². The van der Waals surface area contributed by atoms with Gasteiger partial charge < -0.3 is 9.80 Å². The van der Waals surface area contributed by atoms with Gasteiger partial charge in [-0.3, -0.25) is 4.79 Å². The fourth-order valence-corrected chi connectivity index (χ4v) is 5.37. The van der Waals surface area contributed by atoms with Crippen LogP contribution in [0.3, 0.4) is 0 Å². The first-order valence-corrected chi connectivity index (χ1v) is 11.3. The van der Waals surface area contributed by atoms with E-state index in [1.54, 1.807) is 29.8 Å². The number of piperazine rings is 1. The number of benzene rings is 1. The summed E-state index contributed by atoms with van der Waals surface area (Å²) >= 11 is 2.97. The summed E-state index contributed by atoms with van der Waals surface area (Å²) in [6.07, 6.45) is 1.60. The normalized spacial score (nSPS) is 14.5. The summed E-state index contributed by atoms with van der Waals surface area (Å²) < 4.78 is 13.2. The van der Waals surface area contributed by atoms with Gasteiger partial charge in [-0.15, -0.1) is 22.7 Å². The molecule has 4 aromatic rings. The molecule has 0 saturated carbocycles. The number of anilines is 1. The quantitative estimate of drug-likeness (QED) is 0.478. The van der Waals surface area contributed by atoms with E-state index in [1.807, 2.05) is 23.3 Å². The molecule has 1 aliphatic rings. The van der Waals surface area contributed by atoms with Crippen LogP contribution >= 0.6 is 22.7 Å². The van der Waals surface area contributed by atoms with Crippen LogP contribution in [-0.2, 0) is 0 Å². The Morgan fingerprint density at radius 3 is 2.60 bits per heavy atom. The number of aromatic nitrogens is 3. The zero-order valence-corrected chi connectivity index (χ0v) is 17.8. The Kier molecular flexibility index (Phi) is 4.92. The van der Waals surface area contributed by atoms with E-state index in [4.69, 9.17) is 0 Å². The number of hydrogen-bond donors (Lipinski definition) is 0. The average molecular weight is 440 g/mol. The molecule has 0 aliphatic carbocycles. The van der Waals surface area contributed by atoms with Crippen molar-refractivity contribution in [2.75, 3.05) is 31.1 Å². The van der Waals surface area contributed by atoms with E-state index in [0.29, 0.717) is 23.7 Å². The molecule has 0 unspecified atom stereocenters. The van der Waals surface area contributed by atoms with Crippen LogP contribution < -0.4 is 4.90 Å². The maximum Gasteiger partial charge on any atom is 0.265 e. The highest BCUT2D eigenvalue weighted by Gasteiger charge is 2.27. The number of carbonyl (C=O) groups excluding carboxylic acids is 1. The van der Waals surface area contributed by atoms with Gasteiger partial charge in [0, 0.05) is 31.7 Å². The molecule has 5 rings (SSSR count). The SMILES string of the molecule is Cc1nc(-c2ccc(F)cc2)sc1C(=O)N1CCN(c2ncnc3sccc23)CC1. The number of thiophene rings is 1. The van der Waals surface area contributed by atoms with Gasteiger partial charge in [-0.1, -0.05) is 0 Å². The van der Waals surface area contributed by atoms with E-state index in [0.717, 1.165) is 39.7 Å². The third-order valence-corrected chi connectivity index (χ3v) is 7.20. The minimum absolute atomic E-state index is 0.00128. The topological polar surface area (TPSA) is 62.2 Å². The Morgan fingerprint density at radius 2 is 1.83 bits per heavy atom. The minimum Gasteiger partial charge on any atom is -0.352 e. The standard InChI is InChI=1S/C21H18FN5OS2/c1-13-17(30-19(25-13)14-2-4-15(22)5-3-14)21(28)27-9-7-26(8-10-27)18-16-6-11-29-20(16)24-12-23-18/h2-6,11-12H,7-10H2,1H3. The van der Waals surface area contributed by atoms with Crippen LogP contribution in [0.25, 0.3) is 20.8 Å². The predicted octanol–water partition coefficient (Wildman–Crippen LogP) is 4.22. The number of fused-ring (bicyclic) bond motifs is 1. The third-order valence-electron chi connectivity index (χ3n) is 5.19. The lowest BCUT2D eigenvalue weighted by Crippen LogP contribution is -2.49. The van der Waals surface area contributed by atoms with Gasteiger partial charge in [0.2, 0.25) is 0 Å². The number of hydrogen-bond acceptors (Lipinski definition) is 7. The molecule has 152 valence electrons. The molecule has 0 radical (unpaired) electrons. The number of rotatable bonds is 3. The molecular weight excluding hydrogens is 421 g/mol. The highest BCUT2D eigenvalue weighted by Crippen LogP contribution is 2.30. The monoisotopic (exact) mass is 439 g/mol. The van der Waals surface area contributed by atoms with E-state index < -0.39 is 0 Å². The van der Waals surface area contributed by atoms with Gasteiger partial charge in [0.25, 0.3) is 5.91 Å². The van der Waals surface area contributed by atoms with E-state index in [1.165, 1.54) is 23.5 Å². The molecule has 0 atom stereocenters. The van der Waals surface area contributed by atoms with E-state index in [9.17, 15) is 9.18 Å². The summed E-state index contributed by atoms with van der Waals surface area (Å²) in [6, 6.07) is 8.24. The lowest BCUT2D eigenvalue weighted by atomic mass is 10.2. The average Bonchev–Trinajstić information content (AvgIpc) is 3.40. The Hall–Kier alpha value is -2.91. The Morgan fingerprint density at radius 1 is 1.07 bits per heavy atom. The summed E-state index contributed by atoms with van der Waals surface area (Å²) in [7, 11) is 0. The number of aryl methyl sites for hydroxylation is 1. The molecule has 6 nitrogen and oxygen atoms in total. The number of nitrogens with zero attached hydrogens (tertiary/aromatic N) is 5. The number of thiazole rings is 1. The summed E-state index contributed by atoms with van der Waals surface area (Å²) in [6.45, 7) is 4.53. The predicted molar refractivity (Wildman–Crippen MR) is 118 cm³/mol. The second kappa shape index (κ2) is 7.73. The first-order chi connectivity index (χ1) is 14.6. The Balaban J connectivity index is 1.31. The summed E-state index contributed by atoms with van der Waals surface area (Å²) in [5.74, 6) is 0.645. The smallest absolute Gasteiger partial charge is 0.265 e. The van der Waals surface area contributed by atoms with Gasteiger partial charge in [-0.2, -0.15) is 0 Å². The van der Waals surface area contributed by atoms with Crippen LogP contribution in [0.1, 0.15) is 15.4 Å². The molecule has 0 spiro atoms. The highest BCUT2D eigenvalue weighted by atomic mass is 32.1. The molecule has 1 aromatic carbocycles. The van der Waals surface area contributed by atoms with Gasteiger partial charge in [-0.05, 0) is 42.6 Å². The molecule has 1 saturated heterocycles. The van der Waals surface area contributed by atoms with Crippen molar-refractivity contribution in [1.82, 2.24) is 19.9 Å². The van der Waals surface area contributed by atoms with Crippen molar-refractivity contribution in [3.8, 4) is 10.6 Å². The van der Waals surface area contributed by atoms with Crippen LogP contribution in [0, 0.1) is 12.7 Å². The van der Waals surface area contributed by atoms with Crippen molar-refractivity contribution < 1.29 is 9.18 Å². The minimum atomic E-state index is -0.287. The second-order valence-electron chi connectivity index (χ2n) is 7.06. The van der Waals surface area contributed by atoms with Crippen LogP contribution in [0.4, 0.5) is 10.2 Å². The van der Waals surface area contributed by atoms with E-state index in [-0.39, 0.29) is 11.7 Å². The van der Waals surface area contributed by atoms with Gasteiger partial charge in [0.1, 0.15) is 32.7 Å². The van der Waals surface area contributed by atoms with E-state index in [2.05, 4.69) is 19.9 Å². The molecule has 30 heavy (non-hydrogen) atoms. The first-order valence-electron chi connectivity index (χ1n) is 9.56. The van der Waals surface area contributed by atoms with Crippen molar-refractivity contribution in [2.45, 2.75) is 6.92 Å². The first kappa shape index (κ1) is 19.1. The maximum atomic E-state index is 13.2. The third kappa shape index (κ3) is 3.44. The zero-order chi connectivity index (χ0) is 20.7. The molecule has 1 aliphatic heterocycles. The van der Waals surface area contributed by atoms with Crippen molar-refractivity contribution >= 4 is 44.6 Å². The lowest BCUT2D eigenvalue weighted by Gasteiger charge is -2.35. The number of carbonyl (C=O) groups is 1. The lowest BCUT2D eigenvalue weighted by molar-refractivity contribution is 0.0750. The van der Waals surface area contributed by atoms with Gasteiger partial charge in [0.15, 0.2) is 0 Å². The van der Waals surface area contributed by atoms with Gasteiger partial charge in [-0.25, -0.2) is 19.3 Å². The summed E-state index contributed by atoms with van der Waals surface area (Å²) in [4.78, 5) is 32.2. The number of amides is 1. The van der Waals surface area contributed by atoms with Crippen LogP contribution in [0.2, 0.25) is 0 Å². The number of halogens is 1. The molecular formula is C21H18FN5OS2. The Bertz CT molecular complexity index is 1210. The highest BCUT2D eigenvalue weighted by molar-refractivity contribution is 7.17. The summed E-state index contributed by atoms with van der Waals surface area (Å²) in [5, 5.41) is 3.81. The molecule has 1 fully saturated rings. The second-order valence-corrected chi connectivity index (χ2v) is 8.95. The molecule has 4 heterocycles. The fourth-order valence-electron chi connectivity index (χ4n) is 3.60. The summed E-state index contributed by atoms with van der Waals surface area (Å²) in [5.41, 5.74) is 1.53. The van der Waals surface area contributed by atoms with Crippen LogP contribution in [0.5, 0.6) is 0 Å². The fraction of sp³-hybridized carbons (Fsp3) is 0.238. The van der Waals surface area contributed by atoms with Gasteiger partial charge >= 0.3 is 0 Å². The molecule has 9 heteroatoms. The van der Waals surface area contributed by atoms with Crippen molar-refractivity contribution in [2.24, 2.45) is 0 Å². The van der Waals surface area contributed by atoms with Crippen LogP contribution in [0.15, 0.2) is 42.0 Å². The molecule has 3 aromatic heterocycles. The largest absolute Gasteiger partial charge is 0.352 e. The Labute approximate surface area is 180 Å². The molecule has 0 N–H and O–H groups in total. The molecule has 0 bridgehead atoms.